The fourth-order valence-electron chi connectivity index (χ4n) is 3.03. The van der Waals surface area contributed by atoms with Gasteiger partial charge in [-0.05, 0) is 52.6 Å². The monoisotopic (exact) mass is 439 g/mol. The van der Waals surface area contributed by atoms with Crippen LogP contribution in [0.5, 0.6) is 0 Å². The van der Waals surface area contributed by atoms with Crippen LogP contribution in [0.25, 0.3) is 0 Å². The van der Waals surface area contributed by atoms with Crippen LogP contribution in [0.3, 0.4) is 0 Å². The Morgan fingerprint density at radius 2 is 2.00 bits per heavy atom. The smallest absolute Gasteiger partial charge is 0.172 e. The van der Waals surface area contributed by atoms with Crippen LogP contribution in [-0.2, 0) is 10.2 Å². The fourth-order valence-corrected chi connectivity index (χ4v) is 3.94. The van der Waals surface area contributed by atoms with Gasteiger partial charge < -0.3 is 15.4 Å². The third-order valence-electron chi connectivity index (χ3n) is 4.46. The van der Waals surface area contributed by atoms with E-state index in [9.17, 15) is 0 Å². The van der Waals surface area contributed by atoms with Crippen molar-refractivity contribution in [2.75, 3.05) is 25.1 Å². The van der Waals surface area contributed by atoms with Gasteiger partial charge in [-0.3, -0.25) is 0 Å². The van der Waals surface area contributed by atoms with E-state index in [1.807, 2.05) is 6.07 Å². The van der Waals surface area contributed by atoms with Crippen LogP contribution in [0, 0.1) is 0 Å². The molecule has 4 nitrogen and oxygen atoms in total. The van der Waals surface area contributed by atoms with Crippen molar-refractivity contribution >= 4 is 50.7 Å². The summed E-state index contributed by atoms with van der Waals surface area (Å²) >= 11 is 14.8. The Balaban J connectivity index is 1.68. The highest BCUT2D eigenvalue weighted by Gasteiger charge is 2.34. The van der Waals surface area contributed by atoms with Gasteiger partial charge in [0.1, 0.15) is 5.82 Å². The Kier molecular flexibility index (Phi) is 6.28. The number of benzene rings is 1. The molecule has 1 aliphatic rings. The number of hydrogen-bond acceptors (Lipinski definition) is 3. The lowest BCUT2D eigenvalue weighted by Gasteiger charge is -2.38. The number of pyridine rings is 1. The van der Waals surface area contributed by atoms with Crippen LogP contribution < -0.4 is 10.6 Å². The van der Waals surface area contributed by atoms with Gasteiger partial charge in [0.15, 0.2) is 5.11 Å². The summed E-state index contributed by atoms with van der Waals surface area (Å²) in [5.41, 5.74) is 1.34. The molecular formula is C18H19BrClN3OS. The van der Waals surface area contributed by atoms with Crippen molar-refractivity contribution < 1.29 is 4.74 Å². The first-order valence-corrected chi connectivity index (χ1v) is 9.66. The number of nitrogens with zero attached hydrogens (tertiary/aromatic N) is 1. The molecule has 1 aromatic carbocycles. The zero-order valence-electron chi connectivity index (χ0n) is 13.6. The molecule has 2 heterocycles. The molecule has 2 N–H and O–H groups in total. The second kappa shape index (κ2) is 8.45. The summed E-state index contributed by atoms with van der Waals surface area (Å²) in [6.45, 7) is 2.28. The summed E-state index contributed by atoms with van der Waals surface area (Å²) in [5.74, 6) is 0.641. The van der Waals surface area contributed by atoms with Gasteiger partial charge in [-0.1, -0.05) is 41.9 Å². The molecule has 0 saturated carbocycles. The first-order valence-electron chi connectivity index (χ1n) is 8.08. The second-order valence-corrected chi connectivity index (χ2v) is 7.75. The zero-order valence-corrected chi connectivity index (χ0v) is 16.8. The Morgan fingerprint density at radius 1 is 1.28 bits per heavy atom. The molecule has 1 saturated heterocycles. The van der Waals surface area contributed by atoms with Crippen molar-refractivity contribution in [1.82, 2.24) is 10.3 Å². The Morgan fingerprint density at radius 3 is 2.68 bits per heavy atom. The van der Waals surface area contributed by atoms with E-state index < -0.39 is 0 Å². The predicted octanol–water partition coefficient (Wildman–Crippen LogP) is 4.53. The topological polar surface area (TPSA) is 46.2 Å². The molecule has 0 spiro atoms. The number of aromatic nitrogens is 1. The molecule has 1 fully saturated rings. The first-order chi connectivity index (χ1) is 12.1. The van der Waals surface area contributed by atoms with Crippen molar-refractivity contribution in [2.24, 2.45) is 0 Å². The van der Waals surface area contributed by atoms with E-state index in [4.69, 9.17) is 28.6 Å². The maximum absolute atomic E-state index is 5.92. The van der Waals surface area contributed by atoms with Crippen molar-refractivity contribution in [3.05, 3.63) is 57.7 Å². The maximum Gasteiger partial charge on any atom is 0.172 e. The average Bonchev–Trinajstić information content (AvgIpc) is 2.64. The SMILES string of the molecule is S=C(NCC1(c2ccccc2)CCOCC1)Nc1ncc(Cl)cc1Br. The highest BCUT2D eigenvalue weighted by Crippen LogP contribution is 2.34. The van der Waals surface area contributed by atoms with Crippen LogP contribution in [0.1, 0.15) is 18.4 Å². The summed E-state index contributed by atoms with van der Waals surface area (Å²) in [4.78, 5) is 4.25. The van der Waals surface area contributed by atoms with Crippen LogP contribution in [0.4, 0.5) is 5.82 Å². The molecule has 1 aromatic heterocycles. The van der Waals surface area contributed by atoms with E-state index in [0.29, 0.717) is 16.0 Å². The lowest BCUT2D eigenvalue weighted by atomic mass is 9.74. The molecule has 0 bridgehead atoms. The van der Waals surface area contributed by atoms with Gasteiger partial charge in [0, 0.05) is 31.4 Å². The third-order valence-corrected chi connectivity index (χ3v) is 5.52. The number of anilines is 1. The zero-order chi connectivity index (χ0) is 17.7. The van der Waals surface area contributed by atoms with E-state index in [1.165, 1.54) is 5.56 Å². The molecule has 0 atom stereocenters. The fraction of sp³-hybridized carbons (Fsp3) is 0.333. The summed E-state index contributed by atoms with van der Waals surface area (Å²) in [5, 5.41) is 7.58. The number of hydrogen-bond donors (Lipinski definition) is 2. The molecule has 132 valence electrons. The lowest BCUT2D eigenvalue weighted by Crippen LogP contribution is -2.45. The van der Waals surface area contributed by atoms with E-state index in [1.54, 1.807) is 12.3 Å². The van der Waals surface area contributed by atoms with Crippen LogP contribution in [-0.4, -0.2) is 29.9 Å². The van der Waals surface area contributed by atoms with Gasteiger partial charge in [-0.2, -0.15) is 0 Å². The molecule has 1 aliphatic heterocycles. The highest BCUT2D eigenvalue weighted by molar-refractivity contribution is 9.10. The second-order valence-electron chi connectivity index (χ2n) is 6.05. The number of nitrogens with one attached hydrogen (secondary N) is 2. The predicted molar refractivity (Wildman–Crippen MR) is 109 cm³/mol. The average molecular weight is 441 g/mol. The van der Waals surface area contributed by atoms with E-state index in [2.05, 4.69) is 55.8 Å². The van der Waals surface area contributed by atoms with Gasteiger partial charge in [0.2, 0.25) is 0 Å². The standard InChI is InChI=1S/C18H19BrClN3OS/c19-15-10-14(20)11-21-16(15)23-17(25)22-12-18(6-8-24-9-7-18)13-4-2-1-3-5-13/h1-5,10-11H,6-9,12H2,(H2,21,22,23,25). The minimum absolute atomic E-state index is 0.0237. The summed E-state index contributed by atoms with van der Waals surface area (Å²) in [6, 6.07) is 12.3. The lowest BCUT2D eigenvalue weighted by molar-refractivity contribution is 0.0515. The Labute approximate surface area is 166 Å². The minimum atomic E-state index is 0.0237. The number of ether oxygens (including phenoxy) is 1. The summed E-state index contributed by atoms with van der Waals surface area (Å²) in [6.07, 6.45) is 3.52. The van der Waals surface area contributed by atoms with Crippen molar-refractivity contribution in [1.29, 1.82) is 0 Å². The molecule has 0 radical (unpaired) electrons. The maximum atomic E-state index is 5.92. The largest absolute Gasteiger partial charge is 0.381 e. The number of rotatable bonds is 4. The number of halogens is 2. The quantitative estimate of drug-likeness (QED) is 0.684. The van der Waals surface area contributed by atoms with E-state index in [-0.39, 0.29) is 5.41 Å². The molecule has 2 aromatic rings. The van der Waals surface area contributed by atoms with Gasteiger partial charge in [0.05, 0.1) is 9.50 Å². The van der Waals surface area contributed by atoms with Crippen LogP contribution >= 0.6 is 39.7 Å². The molecule has 0 amide bonds. The highest BCUT2D eigenvalue weighted by atomic mass is 79.9. The molecule has 25 heavy (non-hydrogen) atoms. The van der Waals surface area contributed by atoms with Crippen molar-refractivity contribution in [2.45, 2.75) is 18.3 Å². The summed E-state index contributed by atoms with van der Waals surface area (Å²) < 4.78 is 6.34. The van der Waals surface area contributed by atoms with E-state index >= 15 is 0 Å². The molecule has 3 rings (SSSR count). The van der Waals surface area contributed by atoms with Crippen LogP contribution in [0.15, 0.2) is 47.1 Å². The number of thiocarbonyl (C=S) groups is 1. The normalized spacial score (nSPS) is 16.2. The Hall–Kier alpha value is -1.21. The summed E-state index contributed by atoms with van der Waals surface area (Å²) in [7, 11) is 0. The molecule has 0 unspecified atom stereocenters. The van der Waals surface area contributed by atoms with Crippen LogP contribution in [0.2, 0.25) is 5.02 Å². The van der Waals surface area contributed by atoms with E-state index in [0.717, 1.165) is 37.1 Å². The third kappa shape index (κ3) is 4.70. The molecule has 7 heteroatoms. The van der Waals surface area contributed by atoms with Gasteiger partial charge in [-0.25, -0.2) is 4.98 Å². The van der Waals surface area contributed by atoms with Gasteiger partial charge >= 0.3 is 0 Å². The first kappa shape index (κ1) is 18.6. The molecular weight excluding hydrogens is 422 g/mol. The van der Waals surface area contributed by atoms with Crippen molar-refractivity contribution in [3.63, 3.8) is 0 Å². The van der Waals surface area contributed by atoms with Gasteiger partial charge in [0.25, 0.3) is 0 Å². The van der Waals surface area contributed by atoms with Crippen molar-refractivity contribution in [3.8, 4) is 0 Å². The molecule has 0 aliphatic carbocycles. The minimum Gasteiger partial charge on any atom is -0.381 e. The van der Waals surface area contributed by atoms with Gasteiger partial charge in [-0.15, -0.1) is 0 Å². The Bertz CT molecular complexity index is 738.